The smallest absolute Gasteiger partial charge is 0.253 e. The molecule has 3 fully saturated rings. The fourth-order valence-electron chi connectivity index (χ4n) is 6.43. The summed E-state index contributed by atoms with van der Waals surface area (Å²) in [5, 5.41) is 10.2. The van der Waals surface area contributed by atoms with Crippen molar-refractivity contribution in [2.45, 2.75) is 28.5 Å². The summed E-state index contributed by atoms with van der Waals surface area (Å²) in [4.78, 5) is 51.1. The Hall–Kier alpha value is -2.78. The predicted molar refractivity (Wildman–Crippen MR) is 124 cm³/mol. The summed E-state index contributed by atoms with van der Waals surface area (Å²) in [5.41, 5.74) is 0.941. The molecule has 186 valence electrons. The van der Waals surface area contributed by atoms with Gasteiger partial charge in [-0.25, -0.2) is 0 Å². The summed E-state index contributed by atoms with van der Waals surface area (Å²) in [5.74, 6) is -4.79. The number of likely N-dealkylation sites (tertiary alicyclic amines) is 2. The van der Waals surface area contributed by atoms with E-state index < -0.39 is 45.2 Å². The molecule has 0 radical (unpaired) electrons. The second-order valence-electron chi connectivity index (χ2n) is 9.50. The highest BCUT2D eigenvalue weighted by molar-refractivity contribution is 6.53. The Labute approximate surface area is 211 Å². The molecule has 5 rings (SSSR count). The number of phenols is 1. The number of ether oxygens (including phenoxy) is 2. The quantitative estimate of drug-likeness (QED) is 0.367. The summed E-state index contributed by atoms with van der Waals surface area (Å²) in [6.45, 7) is 0. The van der Waals surface area contributed by atoms with Crippen LogP contribution in [0.3, 0.4) is 0 Å². The summed E-state index contributed by atoms with van der Waals surface area (Å²) >= 11 is 14.2. The van der Waals surface area contributed by atoms with Crippen molar-refractivity contribution in [2.75, 3.05) is 28.3 Å². The highest BCUT2D eigenvalue weighted by Crippen LogP contribution is 2.67. The monoisotopic (exact) mass is 522 g/mol. The van der Waals surface area contributed by atoms with E-state index in [-0.39, 0.29) is 41.9 Å². The zero-order valence-electron chi connectivity index (χ0n) is 19.5. The van der Waals surface area contributed by atoms with Crippen LogP contribution in [0.4, 0.5) is 0 Å². The first kappa shape index (κ1) is 23.9. The molecule has 4 amide bonds. The topological polar surface area (TPSA) is 113 Å². The standard InChI is InChI=1S/C24H24Cl2N2O7/c1-27-19(30)12-6-5-11-13(16(12)20(27)31)9-23(25)21(32)28(2)22(33)24(23,26)18(11)17-14(34-3)7-10(29)8-15(17)35-4/h5,7-8,12-13,16,18,29H,6,9H2,1-4H3. The lowest BCUT2D eigenvalue weighted by Gasteiger charge is -2.51. The van der Waals surface area contributed by atoms with Gasteiger partial charge in [-0.15, -0.1) is 23.2 Å². The van der Waals surface area contributed by atoms with Crippen molar-refractivity contribution in [3.8, 4) is 17.2 Å². The number of imide groups is 2. The molecule has 2 heterocycles. The molecular weight excluding hydrogens is 499 g/mol. The Morgan fingerprint density at radius 2 is 1.54 bits per heavy atom. The van der Waals surface area contributed by atoms with Crippen LogP contribution < -0.4 is 9.47 Å². The molecule has 2 aliphatic heterocycles. The molecule has 1 aromatic rings. The Kier molecular flexibility index (Phi) is 5.20. The molecular formula is C24H24Cl2N2O7. The number of hydrogen-bond donors (Lipinski definition) is 1. The number of nitrogens with zero attached hydrogens (tertiary/aromatic N) is 2. The van der Waals surface area contributed by atoms with Crippen LogP contribution in [0.25, 0.3) is 0 Å². The van der Waals surface area contributed by atoms with Crippen LogP contribution >= 0.6 is 23.2 Å². The number of hydrogen-bond acceptors (Lipinski definition) is 7. The number of alkyl halides is 2. The highest BCUT2D eigenvalue weighted by Gasteiger charge is 2.76. The van der Waals surface area contributed by atoms with Gasteiger partial charge >= 0.3 is 0 Å². The van der Waals surface area contributed by atoms with Crippen LogP contribution in [-0.2, 0) is 19.2 Å². The molecule has 2 saturated heterocycles. The Balaban J connectivity index is 1.82. The SMILES string of the molecule is COc1cc(O)cc(OC)c1C1C2=CCC3C(=O)N(C)C(=O)C3C2CC2(Cl)C(=O)N(C)C(=O)C12Cl. The molecule has 1 saturated carbocycles. The van der Waals surface area contributed by atoms with E-state index in [0.29, 0.717) is 11.1 Å². The molecule has 6 unspecified atom stereocenters. The molecule has 9 nitrogen and oxygen atoms in total. The van der Waals surface area contributed by atoms with Crippen molar-refractivity contribution < 1.29 is 33.8 Å². The summed E-state index contributed by atoms with van der Waals surface area (Å²) in [6, 6.07) is 2.71. The van der Waals surface area contributed by atoms with Crippen LogP contribution in [0.1, 0.15) is 24.3 Å². The Morgan fingerprint density at radius 1 is 0.943 bits per heavy atom. The fraction of sp³-hybridized carbons (Fsp3) is 0.500. The number of benzene rings is 1. The number of amides is 4. The minimum Gasteiger partial charge on any atom is -0.508 e. The van der Waals surface area contributed by atoms with Crippen molar-refractivity contribution >= 4 is 46.8 Å². The van der Waals surface area contributed by atoms with Gasteiger partial charge in [0.25, 0.3) is 11.8 Å². The third-order valence-corrected chi connectivity index (χ3v) is 9.47. The van der Waals surface area contributed by atoms with Gasteiger partial charge in [0.2, 0.25) is 11.8 Å². The highest BCUT2D eigenvalue weighted by atomic mass is 35.5. The molecule has 0 bridgehead atoms. The van der Waals surface area contributed by atoms with E-state index in [4.69, 9.17) is 32.7 Å². The van der Waals surface area contributed by atoms with Crippen LogP contribution in [0.5, 0.6) is 17.2 Å². The third-order valence-electron chi connectivity index (χ3n) is 8.05. The zero-order chi connectivity index (χ0) is 25.6. The number of phenolic OH excluding ortho intramolecular Hbond substituents is 1. The molecule has 2 aliphatic carbocycles. The van der Waals surface area contributed by atoms with Gasteiger partial charge in [0, 0.05) is 37.7 Å². The zero-order valence-corrected chi connectivity index (χ0v) is 21.0. The molecule has 11 heteroatoms. The number of carbonyl (C=O) groups excluding carboxylic acids is 4. The van der Waals surface area contributed by atoms with Gasteiger partial charge in [-0.05, 0) is 18.8 Å². The van der Waals surface area contributed by atoms with Crippen LogP contribution in [0, 0.1) is 17.8 Å². The number of aromatic hydroxyl groups is 1. The van der Waals surface area contributed by atoms with E-state index >= 15 is 0 Å². The van der Waals surface area contributed by atoms with Gasteiger partial charge < -0.3 is 14.6 Å². The van der Waals surface area contributed by atoms with Crippen molar-refractivity contribution in [3.63, 3.8) is 0 Å². The largest absolute Gasteiger partial charge is 0.508 e. The third kappa shape index (κ3) is 2.76. The van der Waals surface area contributed by atoms with Crippen molar-refractivity contribution in [1.29, 1.82) is 0 Å². The molecule has 1 aromatic carbocycles. The van der Waals surface area contributed by atoms with E-state index in [2.05, 4.69) is 0 Å². The lowest BCUT2D eigenvalue weighted by Crippen LogP contribution is -2.60. The van der Waals surface area contributed by atoms with E-state index in [1.807, 2.05) is 6.08 Å². The van der Waals surface area contributed by atoms with Gasteiger partial charge in [0.1, 0.15) is 17.2 Å². The number of halogens is 2. The van der Waals surface area contributed by atoms with Crippen molar-refractivity contribution in [2.24, 2.45) is 17.8 Å². The second kappa shape index (κ2) is 7.61. The number of fused-ring (bicyclic) bond motifs is 4. The maximum atomic E-state index is 13.6. The molecule has 35 heavy (non-hydrogen) atoms. The van der Waals surface area contributed by atoms with Crippen LogP contribution in [0.2, 0.25) is 0 Å². The average molecular weight is 523 g/mol. The molecule has 6 atom stereocenters. The summed E-state index contributed by atoms with van der Waals surface area (Å²) < 4.78 is 11.1. The first-order valence-corrected chi connectivity index (χ1v) is 11.9. The number of rotatable bonds is 3. The van der Waals surface area contributed by atoms with Gasteiger partial charge in [-0.3, -0.25) is 29.0 Å². The minimum absolute atomic E-state index is 0.0912. The maximum Gasteiger partial charge on any atom is 0.253 e. The van der Waals surface area contributed by atoms with Crippen molar-refractivity contribution in [1.82, 2.24) is 9.80 Å². The maximum absolute atomic E-state index is 13.6. The fourth-order valence-corrected chi connectivity index (χ4v) is 7.43. The van der Waals surface area contributed by atoms with Gasteiger partial charge in [0.05, 0.1) is 26.1 Å². The molecule has 4 aliphatic rings. The minimum atomic E-state index is -1.97. The lowest BCUT2D eigenvalue weighted by atomic mass is 9.56. The van der Waals surface area contributed by atoms with E-state index in [9.17, 15) is 24.3 Å². The second-order valence-corrected chi connectivity index (χ2v) is 10.7. The molecule has 0 aromatic heterocycles. The average Bonchev–Trinajstić information content (AvgIpc) is 3.13. The first-order valence-electron chi connectivity index (χ1n) is 11.1. The van der Waals surface area contributed by atoms with Gasteiger partial charge in [0.15, 0.2) is 9.75 Å². The van der Waals surface area contributed by atoms with Gasteiger partial charge in [-0.1, -0.05) is 11.6 Å². The molecule has 1 N–H and O–H groups in total. The van der Waals surface area contributed by atoms with Crippen LogP contribution in [-0.4, -0.2) is 76.6 Å². The lowest BCUT2D eigenvalue weighted by molar-refractivity contribution is -0.140. The first-order chi connectivity index (χ1) is 16.4. The molecule has 0 spiro atoms. The number of methoxy groups -OCH3 is 2. The van der Waals surface area contributed by atoms with Crippen molar-refractivity contribution in [3.05, 3.63) is 29.3 Å². The number of carbonyl (C=O) groups is 4. The summed E-state index contributed by atoms with van der Waals surface area (Å²) in [7, 11) is 5.54. The summed E-state index contributed by atoms with van der Waals surface area (Å²) in [6.07, 6.45) is 2.00. The Morgan fingerprint density at radius 3 is 2.11 bits per heavy atom. The van der Waals surface area contributed by atoms with E-state index in [1.165, 1.54) is 40.4 Å². The van der Waals surface area contributed by atoms with Gasteiger partial charge in [-0.2, -0.15) is 0 Å². The normalized spacial score (nSPS) is 36.1. The number of allylic oxidation sites excluding steroid dienone is 2. The van der Waals surface area contributed by atoms with Crippen LogP contribution in [0.15, 0.2) is 23.8 Å². The van der Waals surface area contributed by atoms with E-state index in [0.717, 1.165) is 9.80 Å². The van der Waals surface area contributed by atoms with E-state index in [1.54, 1.807) is 0 Å². The predicted octanol–water partition coefficient (Wildman–Crippen LogP) is 2.03. The Bertz CT molecular complexity index is 1210.